The fraction of sp³-hybridized carbons (Fsp3) is 0.875. The highest BCUT2D eigenvalue weighted by Crippen LogP contribution is 2.37. The Bertz CT molecular complexity index is 328. The zero-order valence-corrected chi connectivity index (χ0v) is 13.3. The topological polar surface area (TPSA) is 55.4 Å². The summed E-state index contributed by atoms with van der Waals surface area (Å²) in [6.45, 7) is 8.92. The largest absolute Gasteiger partial charge is 0.464 e. The molecule has 116 valence electrons. The number of amides is 1. The molecule has 1 amide bonds. The molecule has 0 aromatic rings. The zero-order valence-electron chi connectivity index (χ0n) is 13.3. The first-order valence-corrected chi connectivity index (χ1v) is 7.89. The molecule has 0 saturated heterocycles. The van der Waals surface area contributed by atoms with E-state index in [1.165, 1.54) is 6.42 Å². The van der Waals surface area contributed by atoms with Gasteiger partial charge in [-0.25, -0.2) is 0 Å². The molecule has 0 radical (unpaired) electrons. The first-order valence-electron chi connectivity index (χ1n) is 7.89. The van der Waals surface area contributed by atoms with Crippen molar-refractivity contribution in [1.82, 2.24) is 5.32 Å². The van der Waals surface area contributed by atoms with Gasteiger partial charge in [0.1, 0.15) is 6.54 Å². The Morgan fingerprint density at radius 2 is 2.00 bits per heavy atom. The van der Waals surface area contributed by atoms with E-state index in [1.807, 2.05) is 6.92 Å². The average Bonchev–Trinajstić information content (AvgIpc) is 2.41. The lowest BCUT2D eigenvalue weighted by Gasteiger charge is -2.36. The van der Waals surface area contributed by atoms with Crippen molar-refractivity contribution in [3.63, 3.8) is 0 Å². The van der Waals surface area contributed by atoms with Crippen LogP contribution in [0.25, 0.3) is 0 Å². The molecule has 1 saturated carbocycles. The summed E-state index contributed by atoms with van der Waals surface area (Å²) in [5, 5.41) is 2.75. The van der Waals surface area contributed by atoms with Gasteiger partial charge in [-0.3, -0.25) is 9.59 Å². The molecule has 4 heteroatoms. The smallest absolute Gasteiger partial charge is 0.325 e. The van der Waals surface area contributed by atoms with Gasteiger partial charge < -0.3 is 10.1 Å². The molecule has 0 spiro atoms. The van der Waals surface area contributed by atoms with E-state index in [-0.39, 0.29) is 24.3 Å². The average molecular weight is 283 g/mol. The summed E-state index contributed by atoms with van der Waals surface area (Å²) in [6.07, 6.45) is 4.04. The number of carbonyl (C=O) groups excluding carboxylic acids is 2. The van der Waals surface area contributed by atoms with Gasteiger partial charge in [0.25, 0.3) is 0 Å². The van der Waals surface area contributed by atoms with Crippen molar-refractivity contribution in [3.05, 3.63) is 0 Å². The van der Waals surface area contributed by atoms with Crippen molar-refractivity contribution in [2.24, 2.45) is 23.7 Å². The minimum atomic E-state index is -0.342. The summed E-state index contributed by atoms with van der Waals surface area (Å²) in [6, 6.07) is 0. The number of carbonyl (C=O) groups is 2. The summed E-state index contributed by atoms with van der Waals surface area (Å²) in [5.41, 5.74) is 0. The van der Waals surface area contributed by atoms with E-state index in [2.05, 4.69) is 26.1 Å². The molecule has 1 aliphatic carbocycles. The standard InChI is InChI=1S/C16H29NO3/c1-5-8-20-15(18)10-17-16(19)14-9-12(4)6-7-13(14)11(2)3/h11-14H,5-10H2,1-4H3,(H,17,19)/t12-,13+,14+/m0/s1. The summed E-state index contributed by atoms with van der Waals surface area (Å²) in [5.74, 6) is 1.24. The van der Waals surface area contributed by atoms with Gasteiger partial charge in [-0.2, -0.15) is 0 Å². The molecule has 1 aliphatic rings. The van der Waals surface area contributed by atoms with Gasteiger partial charge in [0, 0.05) is 5.92 Å². The van der Waals surface area contributed by atoms with Crippen molar-refractivity contribution < 1.29 is 14.3 Å². The quantitative estimate of drug-likeness (QED) is 0.763. The van der Waals surface area contributed by atoms with Crippen LogP contribution in [-0.4, -0.2) is 25.0 Å². The number of rotatable bonds is 6. The van der Waals surface area contributed by atoms with Crippen LogP contribution in [0.3, 0.4) is 0 Å². The molecule has 1 fully saturated rings. The maximum Gasteiger partial charge on any atom is 0.325 e. The van der Waals surface area contributed by atoms with Gasteiger partial charge in [-0.15, -0.1) is 0 Å². The SMILES string of the molecule is CCCOC(=O)CNC(=O)[C@@H]1C[C@@H](C)CC[C@@H]1C(C)C. The second-order valence-electron chi connectivity index (χ2n) is 6.37. The van der Waals surface area contributed by atoms with Crippen LogP contribution in [0.1, 0.15) is 53.4 Å². The predicted octanol–water partition coefficient (Wildman–Crippen LogP) is 2.76. The lowest BCUT2D eigenvalue weighted by molar-refractivity contribution is -0.144. The van der Waals surface area contributed by atoms with Crippen molar-refractivity contribution in [2.75, 3.05) is 13.2 Å². The lowest BCUT2D eigenvalue weighted by Crippen LogP contribution is -2.42. The van der Waals surface area contributed by atoms with Gasteiger partial charge in [0.15, 0.2) is 0 Å². The molecule has 1 rings (SSSR count). The number of hydrogen-bond acceptors (Lipinski definition) is 3. The van der Waals surface area contributed by atoms with E-state index < -0.39 is 0 Å². The molecule has 3 atom stereocenters. The number of esters is 1. The summed E-state index contributed by atoms with van der Waals surface area (Å²) < 4.78 is 4.97. The van der Waals surface area contributed by atoms with Crippen molar-refractivity contribution in [1.29, 1.82) is 0 Å². The fourth-order valence-electron chi connectivity index (χ4n) is 3.06. The first kappa shape index (κ1) is 17.0. The fourth-order valence-corrected chi connectivity index (χ4v) is 3.06. The van der Waals surface area contributed by atoms with Gasteiger partial charge in [-0.1, -0.05) is 34.1 Å². The van der Waals surface area contributed by atoms with E-state index in [4.69, 9.17) is 4.74 Å². The number of hydrogen-bond donors (Lipinski definition) is 1. The Balaban J connectivity index is 2.48. The Morgan fingerprint density at radius 1 is 1.30 bits per heavy atom. The summed E-state index contributed by atoms with van der Waals surface area (Å²) >= 11 is 0. The van der Waals surface area contributed by atoms with Crippen LogP contribution >= 0.6 is 0 Å². The molecular formula is C16H29NO3. The molecule has 0 heterocycles. The van der Waals surface area contributed by atoms with E-state index in [1.54, 1.807) is 0 Å². The van der Waals surface area contributed by atoms with E-state index in [0.717, 1.165) is 19.3 Å². The Morgan fingerprint density at radius 3 is 2.60 bits per heavy atom. The monoisotopic (exact) mass is 283 g/mol. The molecule has 1 N–H and O–H groups in total. The minimum absolute atomic E-state index is 0.00543. The highest BCUT2D eigenvalue weighted by molar-refractivity contribution is 5.83. The molecule has 0 aliphatic heterocycles. The maximum atomic E-state index is 12.3. The number of ether oxygens (including phenoxy) is 1. The van der Waals surface area contributed by atoms with Crippen LogP contribution in [0.15, 0.2) is 0 Å². The molecular weight excluding hydrogens is 254 g/mol. The minimum Gasteiger partial charge on any atom is -0.464 e. The van der Waals surface area contributed by atoms with Crippen LogP contribution < -0.4 is 5.32 Å². The van der Waals surface area contributed by atoms with Crippen LogP contribution in [-0.2, 0) is 14.3 Å². The van der Waals surface area contributed by atoms with Gasteiger partial charge >= 0.3 is 5.97 Å². The van der Waals surface area contributed by atoms with Crippen LogP contribution in [0.5, 0.6) is 0 Å². The van der Waals surface area contributed by atoms with Gasteiger partial charge in [0.05, 0.1) is 6.61 Å². The zero-order chi connectivity index (χ0) is 15.1. The molecule has 0 unspecified atom stereocenters. The van der Waals surface area contributed by atoms with Crippen LogP contribution in [0, 0.1) is 23.7 Å². The van der Waals surface area contributed by atoms with Crippen LogP contribution in [0.4, 0.5) is 0 Å². The van der Waals surface area contributed by atoms with Crippen LogP contribution in [0.2, 0.25) is 0 Å². The predicted molar refractivity (Wildman–Crippen MR) is 79.1 cm³/mol. The maximum absolute atomic E-state index is 12.3. The van der Waals surface area contributed by atoms with Gasteiger partial charge in [-0.05, 0) is 37.0 Å². The summed E-state index contributed by atoms with van der Waals surface area (Å²) in [4.78, 5) is 23.7. The molecule has 20 heavy (non-hydrogen) atoms. The first-order chi connectivity index (χ1) is 9.45. The third-order valence-corrected chi connectivity index (χ3v) is 4.23. The summed E-state index contributed by atoms with van der Waals surface area (Å²) in [7, 11) is 0. The van der Waals surface area contributed by atoms with E-state index >= 15 is 0 Å². The second kappa shape index (κ2) is 8.28. The molecule has 0 aromatic heterocycles. The lowest BCUT2D eigenvalue weighted by atomic mass is 9.70. The Hall–Kier alpha value is -1.06. The molecule has 4 nitrogen and oxygen atoms in total. The third-order valence-electron chi connectivity index (χ3n) is 4.23. The van der Waals surface area contributed by atoms with E-state index in [9.17, 15) is 9.59 Å². The second-order valence-corrected chi connectivity index (χ2v) is 6.37. The van der Waals surface area contributed by atoms with Gasteiger partial charge in [0.2, 0.25) is 5.91 Å². The molecule has 0 aromatic carbocycles. The Labute approximate surface area is 122 Å². The van der Waals surface area contributed by atoms with E-state index in [0.29, 0.717) is 24.4 Å². The highest BCUT2D eigenvalue weighted by atomic mass is 16.5. The van der Waals surface area contributed by atoms with Crippen molar-refractivity contribution in [2.45, 2.75) is 53.4 Å². The highest BCUT2D eigenvalue weighted by Gasteiger charge is 2.35. The number of nitrogens with one attached hydrogen (secondary N) is 1. The normalized spacial score (nSPS) is 26.4. The van der Waals surface area contributed by atoms with Crippen molar-refractivity contribution >= 4 is 11.9 Å². The molecule has 0 bridgehead atoms. The third kappa shape index (κ3) is 5.14. The Kier molecular flexibility index (Phi) is 7.03. The van der Waals surface area contributed by atoms with Crippen molar-refractivity contribution in [3.8, 4) is 0 Å².